The maximum Gasteiger partial charge on any atom is 0.272 e. The van der Waals surface area contributed by atoms with Crippen LogP contribution < -0.4 is 5.32 Å². The average molecular weight is 275 g/mol. The van der Waals surface area contributed by atoms with Crippen LogP contribution in [-0.4, -0.2) is 34.9 Å². The van der Waals surface area contributed by atoms with Crippen LogP contribution in [0.2, 0.25) is 0 Å². The normalized spacial score (nSPS) is 26.4. The number of carbonyl (C=O) groups is 1. The number of amides is 1. The van der Waals surface area contributed by atoms with Crippen molar-refractivity contribution in [1.29, 1.82) is 0 Å². The molecule has 1 aliphatic rings. The summed E-state index contributed by atoms with van der Waals surface area (Å²) in [7, 11) is 0. The standard InChI is InChI=1S/C16H25N3O/c1-5-17-14-6-7-15(18-9-14)16(20)19-10-11(2)8-12(3)13(19)4/h6-7,9,11-13,17H,5,8,10H2,1-4H3. The van der Waals surface area contributed by atoms with Crippen LogP contribution in [0.3, 0.4) is 0 Å². The summed E-state index contributed by atoms with van der Waals surface area (Å²) in [6.07, 6.45) is 2.93. The van der Waals surface area contributed by atoms with Crippen LogP contribution in [-0.2, 0) is 0 Å². The summed E-state index contributed by atoms with van der Waals surface area (Å²) in [5.74, 6) is 1.16. The number of anilines is 1. The van der Waals surface area contributed by atoms with Crippen molar-refractivity contribution in [1.82, 2.24) is 9.88 Å². The Morgan fingerprint density at radius 2 is 2.15 bits per heavy atom. The summed E-state index contributed by atoms with van der Waals surface area (Å²) in [6, 6.07) is 4.02. The van der Waals surface area contributed by atoms with Gasteiger partial charge in [0.15, 0.2) is 0 Å². The highest BCUT2D eigenvalue weighted by Gasteiger charge is 2.32. The predicted molar refractivity (Wildman–Crippen MR) is 81.8 cm³/mol. The lowest BCUT2D eigenvalue weighted by Gasteiger charge is -2.40. The van der Waals surface area contributed by atoms with Crippen LogP contribution in [0, 0.1) is 11.8 Å². The Bertz CT molecular complexity index is 457. The van der Waals surface area contributed by atoms with E-state index in [2.05, 4.69) is 31.1 Å². The summed E-state index contributed by atoms with van der Waals surface area (Å²) in [5.41, 5.74) is 1.50. The Kier molecular flexibility index (Phi) is 4.63. The van der Waals surface area contributed by atoms with E-state index in [1.807, 2.05) is 24.0 Å². The first-order valence-electron chi connectivity index (χ1n) is 7.53. The van der Waals surface area contributed by atoms with Crippen molar-refractivity contribution in [2.45, 2.75) is 40.2 Å². The Morgan fingerprint density at radius 3 is 2.75 bits per heavy atom. The average Bonchev–Trinajstić information content (AvgIpc) is 2.43. The molecule has 1 amide bonds. The molecule has 3 unspecified atom stereocenters. The molecule has 0 spiro atoms. The van der Waals surface area contributed by atoms with Gasteiger partial charge in [0.2, 0.25) is 0 Å². The molecule has 1 N–H and O–H groups in total. The van der Waals surface area contributed by atoms with E-state index in [4.69, 9.17) is 0 Å². The molecule has 20 heavy (non-hydrogen) atoms. The van der Waals surface area contributed by atoms with Gasteiger partial charge in [-0.05, 0) is 44.2 Å². The van der Waals surface area contributed by atoms with Gasteiger partial charge in [0.1, 0.15) is 5.69 Å². The SMILES string of the molecule is CCNc1ccc(C(=O)N2CC(C)CC(C)C2C)nc1. The van der Waals surface area contributed by atoms with Gasteiger partial charge in [0, 0.05) is 19.1 Å². The zero-order valence-electron chi connectivity index (χ0n) is 12.9. The maximum absolute atomic E-state index is 12.6. The fourth-order valence-electron chi connectivity index (χ4n) is 2.96. The van der Waals surface area contributed by atoms with Crippen LogP contribution in [0.15, 0.2) is 18.3 Å². The highest BCUT2D eigenvalue weighted by atomic mass is 16.2. The van der Waals surface area contributed by atoms with Gasteiger partial charge in [-0.3, -0.25) is 4.79 Å². The van der Waals surface area contributed by atoms with E-state index in [1.54, 1.807) is 6.20 Å². The first kappa shape index (κ1) is 14.8. The van der Waals surface area contributed by atoms with Gasteiger partial charge in [-0.2, -0.15) is 0 Å². The first-order valence-corrected chi connectivity index (χ1v) is 7.53. The van der Waals surface area contributed by atoms with Crippen LogP contribution in [0.4, 0.5) is 5.69 Å². The van der Waals surface area contributed by atoms with Crippen LogP contribution >= 0.6 is 0 Å². The van der Waals surface area contributed by atoms with Crippen LogP contribution in [0.1, 0.15) is 44.6 Å². The predicted octanol–water partition coefficient (Wildman–Crippen LogP) is 3.02. The van der Waals surface area contributed by atoms with Gasteiger partial charge in [-0.25, -0.2) is 4.98 Å². The number of piperidine rings is 1. The van der Waals surface area contributed by atoms with E-state index in [0.29, 0.717) is 17.5 Å². The molecule has 0 saturated carbocycles. The van der Waals surface area contributed by atoms with E-state index in [0.717, 1.165) is 18.8 Å². The molecule has 3 atom stereocenters. The van der Waals surface area contributed by atoms with Crippen molar-refractivity contribution in [3.8, 4) is 0 Å². The third-order valence-electron chi connectivity index (χ3n) is 4.22. The third kappa shape index (κ3) is 3.11. The Labute approximate surface area is 121 Å². The fourth-order valence-corrected chi connectivity index (χ4v) is 2.96. The second kappa shape index (κ2) is 6.25. The molecule has 1 fully saturated rings. The Morgan fingerprint density at radius 1 is 1.40 bits per heavy atom. The van der Waals surface area contributed by atoms with Gasteiger partial charge < -0.3 is 10.2 Å². The number of hydrogen-bond acceptors (Lipinski definition) is 3. The number of nitrogens with one attached hydrogen (secondary N) is 1. The minimum absolute atomic E-state index is 0.0546. The van der Waals surface area contributed by atoms with Crippen molar-refractivity contribution >= 4 is 11.6 Å². The number of rotatable bonds is 3. The molecule has 0 bridgehead atoms. The number of carbonyl (C=O) groups excluding carboxylic acids is 1. The molecule has 0 aliphatic carbocycles. The smallest absolute Gasteiger partial charge is 0.272 e. The van der Waals surface area contributed by atoms with Gasteiger partial charge in [0.25, 0.3) is 5.91 Å². The second-order valence-corrected chi connectivity index (χ2v) is 5.98. The number of hydrogen-bond donors (Lipinski definition) is 1. The summed E-state index contributed by atoms with van der Waals surface area (Å²) < 4.78 is 0. The van der Waals surface area contributed by atoms with Gasteiger partial charge in [0.05, 0.1) is 11.9 Å². The monoisotopic (exact) mass is 275 g/mol. The quantitative estimate of drug-likeness (QED) is 0.922. The fraction of sp³-hybridized carbons (Fsp3) is 0.625. The number of nitrogens with zero attached hydrogens (tertiary/aromatic N) is 2. The molecule has 1 aromatic rings. The number of likely N-dealkylation sites (tertiary alicyclic amines) is 1. The van der Waals surface area contributed by atoms with Crippen molar-refractivity contribution in [2.75, 3.05) is 18.4 Å². The molecule has 0 aromatic carbocycles. The lowest BCUT2D eigenvalue weighted by atomic mass is 9.86. The Hall–Kier alpha value is -1.58. The van der Waals surface area contributed by atoms with Crippen molar-refractivity contribution in [3.05, 3.63) is 24.0 Å². The largest absolute Gasteiger partial charge is 0.384 e. The summed E-state index contributed by atoms with van der Waals surface area (Å²) >= 11 is 0. The van der Waals surface area contributed by atoms with Gasteiger partial charge in [-0.15, -0.1) is 0 Å². The highest BCUT2D eigenvalue weighted by molar-refractivity contribution is 5.92. The van der Waals surface area contributed by atoms with E-state index >= 15 is 0 Å². The van der Waals surface area contributed by atoms with Gasteiger partial charge >= 0.3 is 0 Å². The number of aromatic nitrogens is 1. The van der Waals surface area contributed by atoms with E-state index < -0.39 is 0 Å². The maximum atomic E-state index is 12.6. The van der Waals surface area contributed by atoms with E-state index in [-0.39, 0.29) is 11.9 Å². The van der Waals surface area contributed by atoms with Crippen LogP contribution in [0.25, 0.3) is 0 Å². The zero-order valence-corrected chi connectivity index (χ0v) is 12.9. The third-order valence-corrected chi connectivity index (χ3v) is 4.22. The molecule has 1 saturated heterocycles. The molecule has 110 valence electrons. The highest BCUT2D eigenvalue weighted by Crippen LogP contribution is 2.27. The van der Waals surface area contributed by atoms with Crippen LogP contribution in [0.5, 0.6) is 0 Å². The van der Waals surface area contributed by atoms with Gasteiger partial charge in [-0.1, -0.05) is 13.8 Å². The topological polar surface area (TPSA) is 45.2 Å². The lowest BCUT2D eigenvalue weighted by Crippen LogP contribution is -2.49. The van der Waals surface area contributed by atoms with Crippen molar-refractivity contribution in [3.63, 3.8) is 0 Å². The lowest BCUT2D eigenvalue weighted by molar-refractivity contribution is 0.0450. The minimum atomic E-state index is 0.0546. The molecule has 1 aromatic heterocycles. The molecule has 4 nitrogen and oxygen atoms in total. The first-order chi connectivity index (χ1) is 9.52. The van der Waals surface area contributed by atoms with E-state index in [9.17, 15) is 4.79 Å². The molecule has 4 heteroatoms. The second-order valence-electron chi connectivity index (χ2n) is 5.98. The molecular formula is C16H25N3O. The van der Waals surface area contributed by atoms with Crippen molar-refractivity contribution in [2.24, 2.45) is 11.8 Å². The molecule has 2 heterocycles. The molecule has 1 aliphatic heterocycles. The minimum Gasteiger partial charge on any atom is -0.384 e. The Balaban J connectivity index is 2.13. The number of pyridine rings is 1. The van der Waals surface area contributed by atoms with E-state index in [1.165, 1.54) is 6.42 Å². The zero-order chi connectivity index (χ0) is 14.7. The molecule has 0 radical (unpaired) electrons. The summed E-state index contributed by atoms with van der Waals surface area (Å²) in [4.78, 5) is 18.9. The summed E-state index contributed by atoms with van der Waals surface area (Å²) in [6.45, 7) is 10.3. The molecule has 2 rings (SSSR count). The summed E-state index contributed by atoms with van der Waals surface area (Å²) in [5, 5.41) is 3.19. The van der Waals surface area contributed by atoms with Crippen molar-refractivity contribution < 1.29 is 4.79 Å². The molecular weight excluding hydrogens is 250 g/mol.